The van der Waals surface area contributed by atoms with Crippen molar-refractivity contribution in [1.82, 2.24) is 9.97 Å². The van der Waals surface area contributed by atoms with E-state index >= 15 is 0 Å². The zero-order valence-electron chi connectivity index (χ0n) is 9.92. The van der Waals surface area contributed by atoms with Crippen molar-refractivity contribution in [2.75, 3.05) is 11.9 Å². The Morgan fingerprint density at radius 2 is 2.06 bits per heavy atom. The first-order valence-corrected chi connectivity index (χ1v) is 5.48. The van der Waals surface area contributed by atoms with Gasteiger partial charge in [0.05, 0.1) is 0 Å². The van der Waals surface area contributed by atoms with E-state index in [1.807, 2.05) is 13.8 Å². The number of carboxylic acids is 1. The molecule has 1 unspecified atom stereocenters. The highest BCUT2D eigenvalue weighted by atomic mass is 16.4. The molecule has 0 fully saturated rings. The van der Waals surface area contributed by atoms with Crippen LogP contribution in [0, 0.1) is 5.92 Å². The molecule has 0 spiro atoms. The average Bonchev–Trinajstić information content (AvgIpc) is 2.28. The van der Waals surface area contributed by atoms with Crippen LogP contribution in [0.15, 0.2) is 12.4 Å². The van der Waals surface area contributed by atoms with Crippen molar-refractivity contribution in [3.8, 4) is 0 Å². The number of aromatic nitrogens is 2. The number of hydrogen-bond acceptors (Lipinski definition) is 5. The minimum Gasteiger partial charge on any atom is -0.476 e. The molecule has 1 aromatic rings. The molecule has 0 saturated carbocycles. The molecule has 0 aliphatic rings. The van der Waals surface area contributed by atoms with Gasteiger partial charge in [-0.1, -0.05) is 13.8 Å². The number of nitrogens with zero attached hydrogens (tertiary/aromatic N) is 2. The van der Waals surface area contributed by atoms with E-state index in [0.717, 1.165) is 0 Å². The molecule has 6 heteroatoms. The molecular weight excluding hydrogens is 222 g/mol. The fourth-order valence-corrected chi connectivity index (χ4v) is 1.49. The molecule has 1 aromatic heterocycles. The van der Waals surface area contributed by atoms with Gasteiger partial charge in [-0.15, -0.1) is 0 Å². The number of aliphatic hydroxyl groups is 1. The smallest absolute Gasteiger partial charge is 0.358 e. The van der Waals surface area contributed by atoms with Crippen LogP contribution < -0.4 is 5.32 Å². The monoisotopic (exact) mass is 239 g/mol. The number of carboxylic acid groups (broad SMARTS) is 1. The van der Waals surface area contributed by atoms with Crippen LogP contribution in [0.2, 0.25) is 0 Å². The normalized spacial score (nSPS) is 12.5. The summed E-state index contributed by atoms with van der Waals surface area (Å²) in [5.74, 6) is -0.620. The van der Waals surface area contributed by atoms with E-state index in [4.69, 9.17) is 10.2 Å². The third-order valence-corrected chi connectivity index (χ3v) is 2.47. The molecule has 0 radical (unpaired) electrons. The molecule has 6 nitrogen and oxygen atoms in total. The molecule has 0 aliphatic heterocycles. The van der Waals surface area contributed by atoms with Gasteiger partial charge in [-0.3, -0.25) is 0 Å². The minimum atomic E-state index is -1.12. The Bertz CT molecular complexity index is 382. The summed E-state index contributed by atoms with van der Waals surface area (Å²) in [6.45, 7) is 4.02. The molecule has 0 aliphatic carbocycles. The predicted molar refractivity (Wildman–Crippen MR) is 62.9 cm³/mol. The summed E-state index contributed by atoms with van der Waals surface area (Å²) in [6, 6.07) is -0.0326. The van der Waals surface area contributed by atoms with Gasteiger partial charge in [-0.05, 0) is 12.3 Å². The highest BCUT2D eigenvalue weighted by Crippen LogP contribution is 2.15. The fourth-order valence-electron chi connectivity index (χ4n) is 1.49. The number of hydrogen-bond donors (Lipinski definition) is 3. The van der Waals surface area contributed by atoms with Crippen LogP contribution in [0.25, 0.3) is 0 Å². The van der Waals surface area contributed by atoms with Gasteiger partial charge >= 0.3 is 5.97 Å². The van der Waals surface area contributed by atoms with E-state index in [1.165, 1.54) is 12.4 Å². The number of anilines is 1. The van der Waals surface area contributed by atoms with E-state index in [-0.39, 0.29) is 30.1 Å². The Hall–Kier alpha value is -1.69. The summed E-state index contributed by atoms with van der Waals surface area (Å²) in [5, 5.41) is 20.9. The minimum absolute atomic E-state index is 0.0326. The van der Waals surface area contributed by atoms with Crippen molar-refractivity contribution in [2.45, 2.75) is 26.3 Å². The maximum atomic E-state index is 10.9. The lowest BCUT2D eigenvalue weighted by Gasteiger charge is -2.22. The highest BCUT2D eigenvalue weighted by Gasteiger charge is 2.18. The van der Waals surface area contributed by atoms with Crippen molar-refractivity contribution in [1.29, 1.82) is 0 Å². The van der Waals surface area contributed by atoms with Crippen LogP contribution in [0.4, 0.5) is 5.82 Å². The summed E-state index contributed by atoms with van der Waals surface area (Å²) in [7, 11) is 0. The number of aromatic carboxylic acids is 1. The van der Waals surface area contributed by atoms with Gasteiger partial charge in [0.2, 0.25) is 0 Å². The molecule has 94 valence electrons. The second kappa shape index (κ2) is 6.15. The van der Waals surface area contributed by atoms with Gasteiger partial charge in [-0.25, -0.2) is 14.8 Å². The summed E-state index contributed by atoms with van der Waals surface area (Å²) < 4.78 is 0. The maximum Gasteiger partial charge on any atom is 0.358 e. The highest BCUT2D eigenvalue weighted by molar-refractivity contribution is 5.90. The Morgan fingerprint density at radius 3 is 2.59 bits per heavy atom. The fraction of sp³-hybridized carbons (Fsp3) is 0.545. The Kier molecular flexibility index (Phi) is 4.84. The Balaban J connectivity index is 2.88. The van der Waals surface area contributed by atoms with Crippen LogP contribution in [-0.2, 0) is 0 Å². The molecule has 17 heavy (non-hydrogen) atoms. The first-order chi connectivity index (χ1) is 8.06. The largest absolute Gasteiger partial charge is 0.476 e. The second-order valence-corrected chi connectivity index (χ2v) is 4.07. The summed E-state index contributed by atoms with van der Waals surface area (Å²) >= 11 is 0. The van der Waals surface area contributed by atoms with E-state index in [1.54, 1.807) is 0 Å². The SMILES string of the molecule is CC(C)C(CCO)Nc1nccnc1C(=O)O. The van der Waals surface area contributed by atoms with Gasteiger partial charge < -0.3 is 15.5 Å². The first-order valence-electron chi connectivity index (χ1n) is 5.48. The van der Waals surface area contributed by atoms with Crippen molar-refractivity contribution in [3.05, 3.63) is 18.1 Å². The quantitative estimate of drug-likeness (QED) is 0.685. The zero-order chi connectivity index (χ0) is 12.8. The van der Waals surface area contributed by atoms with Crippen molar-refractivity contribution in [3.63, 3.8) is 0 Å². The molecule has 0 saturated heterocycles. The number of rotatable bonds is 6. The molecule has 1 heterocycles. The summed E-state index contributed by atoms with van der Waals surface area (Å²) in [5.41, 5.74) is -0.101. The van der Waals surface area contributed by atoms with Gasteiger partial charge in [0.15, 0.2) is 11.5 Å². The molecule has 1 rings (SSSR count). The lowest BCUT2D eigenvalue weighted by molar-refractivity contribution is 0.0691. The van der Waals surface area contributed by atoms with E-state index < -0.39 is 5.97 Å². The second-order valence-electron chi connectivity index (χ2n) is 4.07. The van der Waals surface area contributed by atoms with Gasteiger partial charge in [0.1, 0.15) is 0 Å². The predicted octanol–water partition coefficient (Wildman–Crippen LogP) is 0.994. The number of nitrogens with one attached hydrogen (secondary N) is 1. The van der Waals surface area contributed by atoms with Crippen LogP contribution in [0.5, 0.6) is 0 Å². The van der Waals surface area contributed by atoms with Gasteiger partial charge in [-0.2, -0.15) is 0 Å². The van der Waals surface area contributed by atoms with Crippen molar-refractivity contribution < 1.29 is 15.0 Å². The Morgan fingerprint density at radius 1 is 1.41 bits per heavy atom. The summed E-state index contributed by atoms with van der Waals surface area (Å²) in [6.07, 6.45) is 3.31. The zero-order valence-corrected chi connectivity index (χ0v) is 9.92. The molecule has 1 atom stereocenters. The Labute approximate surface area is 99.7 Å². The number of carbonyl (C=O) groups is 1. The third-order valence-electron chi connectivity index (χ3n) is 2.47. The van der Waals surface area contributed by atoms with Crippen LogP contribution in [-0.4, -0.2) is 38.8 Å². The molecule has 0 bridgehead atoms. The van der Waals surface area contributed by atoms with E-state index in [2.05, 4.69) is 15.3 Å². The van der Waals surface area contributed by atoms with Crippen LogP contribution >= 0.6 is 0 Å². The first kappa shape index (κ1) is 13.4. The van der Waals surface area contributed by atoms with Crippen molar-refractivity contribution >= 4 is 11.8 Å². The standard InChI is InChI=1S/C11H17N3O3/c1-7(2)8(3-6-15)14-10-9(11(16)17)12-4-5-13-10/h4-5,7-8,15H,3,6H2,1-2H3,(H,13,14)(H,16,17). The molecule has 3 N–H and O–H groups in total. The molecular formula is C11H17N3O3. The topological polar surface area (TPSA) is 95.3 Å². The number of aliphatic hydroxyl groups excluding tert-OH is 1. The van der Waals surface area contributed by atoms with Crippen LogP contribution in [0.1, 0.15) is 30.8 Å². The van der Waals surface area contributed by atoms with E-state index in [0.29, 0.717) is 6.42 Å². The van der Waals surface area contributed by atoms with Crippen LogP contribution in [0.3, 0.4) is 0 Å². The van der Waals surface area contributed by atoms with E-state index in [9.17, 15) is 4.79 Å². The lowest BCUT2D eigenvalue weighted by Crippen LogP contribution is -2.28. The summed E-state index contributed by atoms with van der Waals surface area (Å²) in [4.78, 5) is 18.7. The van der Waals surface area contributed by atoms with Crippen molar-refractivity contribution in [2.24, 2.45) is 5.92 Å². The molecule has 0 aromatic carbocycles. The lowest BCUT2D eigenvalue weighted by atomic mass is 10.0. The maximum absolute atomic E-state index is 10.9. The third kappa shape index (κ3) is 3.67. The van der Waals surface area contributed by atoms with Gasteiger partial charge in [0.25, 0.3) is 0 Å². The van der Waals surface area contributed by atoms with Gasteiger partial charge in [0, 0.05) is 25.0 Å². The molecule has 0 amide bonds. The average molecular weight is 239 g/mol.